The standard InChI is InChI=1S/C26H32BrNO4/c27-23-5-3-21(18-26(23)32-15-13-29)16-20-8-11-28(12-9-20)10-7-19-4-6-25-22(17-19)24(30)2-1-14-31-25/h3-6,17-18,20,29H,1-2,7-16H2. The van der Waals surface area contributed by atoms with Gasteiger partial charge in [0.25, 0.3) is 0 Å². The first kappa shape index (κ1) is 23.3. The second kappa shape index (κ2) is 11.3. The summed E-state index contributed by atoms with van der Waals surface area (Å²) in [5, 5.41) is 9.00. The van der Waals surface area contributed by atoms with E-state index in [-0.39, 0.29) is 12.4 Å². The van der Waals surface area contributed by atoms with Gasteiger partial charge in [-0.3, -0.25) is 4.79 Å². The lowest BCUT2D eigenvalue weighted by Gasteiger charge is -2.32. The number of likely N-dealkylation sites (tertiary alicyclic amines) is 1. The smallest absolute Gasteiger partial charge is 0.166 e. The van der Waals surface area contributed by atoms with Gasteiger partial charge in [0.2, 0.25) is 0 Å². The molecule has 2 aliphatic heterocycles. The summed E-state index contributed by atoms with van der Waals surface area (Å²) >= 11 is 3.52. The Morgan fingerprint density at radius 2 is 1.94 bits per heavy atom. The Kier molecular flexibility index (Phi) is 8.22. The van der Waals surface area contributed by atoms with Gasteiger partial charge in [-0.15, -0.1) is 0 Å². The molecule has 4 rings (SSSR count). The van der Waals surface area contributed by atoms with E-state index in [1.807, 2.05) is 18.2 Å². The average Bonchev–Trinajstić information content (AvgIpc) is 3.00. The van der Waals surface area contributed by atoms with Crippen molar-refractivity contribution < 1.29 is 19.4 Å². The highest BCUT2D eigenvalue weighted by molar-refractivity contribution is 9.10. The number of aliphatic hydroxyl groups excluding tert-OH is 1. The summed E-state index contributed by atoms with van der Waals surface area (Å²) in [7, 11) is 0. The molecule has 0 aliphatic carbocycles. The number of ether oxygens (including phenoxy) is 2. The van der Waals surface area contributed by atoms with Crippen molar-refractivity contribution in [1.82, 2.24) is 4.90 Å². The zero-order chi connectivity index (χ0) is 22.3. The van der Waals surface area contributed by atoms with Gasteiger partial charge in [-0.25, -0.2) is 0 Å². The Labute approximate surface area is 198 Å². The van der Waals surface area contributed by atoms with E-state index in [9.17, 15) is 4.79 Å². The molecule has 0 aromatic heterocycles. The maximum atomic E-state index is 12.3. The van der Waals surface area contributed by atoms with Crippen LogP contribution >= 0.6 is 15.9 Å². The molecule has 0 saturated carbocycles. The number of benzene rings is 2. The van der Waals surface area contributed by atoms with Gasteiger partial charge in [0.1, 0.15) is 18.1 Å². The number of carbonyl (C=O) groups excluding carboxylic acids is 1. The van der Waals surface area contributed by atoms with Crippen molar-refractivity contribution >= 4 is 21.7 Å². The lowest BCUT2D eigenvalue weighted by molar-refractivity contribution is 0.0983. The van der Waals surface area contributed by atoms with Crippen LogP contribution in [0.15, 0.2) is 40.9 Å². The van der Waals surface area contributed by atoms with Gasteiger partial charge < -0.3 is 19.5 Å². The summed E-state index contributed by atoms with van der Waals surface area (Å²) in [4.78, 5) is 14.9. The third-order valence-electron chi connectivity index (χ3n) is 6.44. The summed E-state index contributed by atoms with van der Waals surface area (Å²) < 4.78 is 12.3. The van der Waals surface area contributed by atoms with Crippen molar-refractivity contribution in [2.24, 2.45) is 5.92 Å². The van der Waals surface area contributed by atoms with Gasteiger partial charge in [-0.1, -0.05) is 12.1 Å². The molecule has 0 amide bonds. The van der Waals surface area contributed by atoms with E-state index in [0.29, 0.717) is 25.6 Å². The van der Waals surface area contributed by atoms with Gasteiger partial charge in [0.15, 0.2) is 5.78 Å². The normalized spacial score (nSPS) is 17.5. The predicted molar refractivity (Wildman–Crippen MR) is 129 cm³/mol. The third-order valence-corrected chi connectivity index (χ3v) is 7.10. The molecule has 6 heteroatoms. The Morgan fingerprint density at radius 1 is 1.12 bits per heavy atom. The lowest BCUT2D eigenvalue weighted by Crippen LogP contribution is -2.35. The Morgan fingerprint density at radius 3 is 2.75 bits per heavy atom. The zero-order valence-electron chi connectivity index (χ0n) is 18.5. The van der Waals surface area contributed by atoms with E-state index < -0.39 is 0 Å². The van der Waals surface area contributed by atoms with E-state index in [2.05, 4.69) is 39.0 Å². The van der Waals surface area contributed by atoms with E-state index in [1.54, 1.807) is 0 Å². The van der Waals surface area contributed by atoms with Crippen LogP contribution in [0.25, 0.3) is 0 Å². The number of piperidine rings is 1. The van der Waals surface area contributed by atoms with Crippen molar-refractivity contribution in [1.29, 1.82) is 0 Å². The number of rotatable bonds is 8. The molecule has 0 spiro atoms. The SMILES string of the molecule is O=C1CCCOc2ccc(CCN3CCC(Cc4ccc(Br)c(OCCO)c4)CC3)cc21. The second-order valence-electron chi connectivity index (χ2n) is 8.78. The van der Waals surface area contributed by atoms with Crippen LogP contribution in [0.5, 0.6) is 11.5 Å². The molecular weight excluding hydrogens is 470 g/mol. The van der Waals surface area contributed by atoms with Crippen LogP contribution in [0.3, 0.4) is 0 Å². The molecule has 5 nitrogen and oxygen atoms in total. The van der Waals surface area contributed by atoms with Gasteiger partial charge in [-0.05, 0) is 102 Å². The summed E-state index contributed by atoms with van der Waals surface area (Å²) in [5.74, 6) is 2.44. The van der Waals surface area contributed by atoms with Crippen LogP contribution in [0.4, 0.5) is 0 Å². The number of fused-ring (bicyclic) bond motifs is 1. The van der Waals surface area contributed by atoms with E-state index in [4.69, 9.17) is 14.6 Å². The fourth-order valence-electron chi connectivity index (χ4n) is 4.60. The number of halogens is 1. The van der Waals surface area contributed by atoms with Crippen LogP contribution in [-0.2, 0) is 12.8 Å². The molecule has 0 unspecified atom stereocenters. The van der Waals surface area contributed by atoms with Crippen molar-refractivity contribution in [2.75, 3.05) is 39.5 Å². The minimum atomic E-state index is 0.0185. The molecule has 2 aromatic rings. The van der Waals surface area contributed by atoms with Crippen LogP contribution in [0.2, 0.25) is 0 Å². The minimum absolute atomic E-state index is 0.0185. The average molecular weight is 502 g/mol. The topological polar surface area (TPSA) is 59.0 Å². The molecule has 0 bridgehead atoms. The number of carbonyl (C=O) groups is 1. The predicted octanol–water partition coefficient (Wildman–Crippen LogP) is 4.67. The van der Waals surface area contributed by atoms with Crippen LogP contribution in [0.1, 0.15) is 47.2 Å². The first-order valence-corrected chi connectivity index (χ1v) is 12.4. The number of ketones is 1. The highest BCUT2D eigenvalue weighted by atomic mass is 79.9. The van der Waals surface area contributed by atoms with Crippen molar-refractivity contribution in [3.8, 4) is 11.5 Å². The summed E-state index contributed by atoms with van der Waals surface area (Å²) in [5.41, 5.74) is 3.27. The number of Topliss-reactive ketones (excluding diaryl/α,β-unsaturated/α-hetero) is 1. The third kappa shape index (κ3) is 6.12. The first-order chi connectivity index (χ1) is 15.6. The van der Waals surface area contributed by atoms with E-state index in [0.717, 1.165) is 60.4 Å². The quantitative estimate of drug-likeness (QED) is 0.569. The van der Waals surface area contributed by atoms with Gasteiger partial charge in [0, 0.05) is 13.0 Å². The maximum Gasteiger partial charge on any atom is 0.166 e. The summed E-state index contributed by atoms with van der Waals surface area (Å²) in [6, 6.07) is 12.4. The zero-order valence-corrected chi connectivity index (χ0v) is 20.1. The summed E-state index contributed by atoms with van der Waals surface area (Å²) in [6.45, 7) is 4.21. The minimum Gasteiger partial charge on any atom is -0.493 e. The first-order valence-electron chi connectivity index (χ1n) is 11.7. The van der Waals surface area contributed by atoms with Crippen LogP contribution < -0.4 is 9.47 Å². The molecular formula is C26H32BrNO4. The number of nitrogens with zero attached hydrogens (tertiary/aromatic N) is 1. The van der Waals surface area contributed by atoms with Crippen molar-refractivity contribution in [2.45, 2.75) is 38.5 Å². The second-order valence-corrected chi connectivity index (χ2v) is 9.64. The molecule has 2 heterocycles. The molecule has 0 atom stereocenters. The van der Waals surface area contributed by atoms with Gasteiger partial charge >= 0.3 is 0 Å². The molecule has 1 saturated heterocycles. The Bertz CT molecular complexity index is 924. The molecule has 0 radical (unpaired) electrons. The Balaban J connectivity index is 1.25. The molecule has 1 N–H and O–H groups in total. The fraction of sp³-hybridized carbons (Fsp3) is 0.500. The molecule has 1 fully saturated rings. The lowest BCUT2D eigenvalue weighted by atomic mass is 9.90. The Hall–Kier alpha value is -1.89. The molecule has 32 heavy (non-hydrogen) atoms. The molecule has 2 aliphatic rings. The number of hydrogen-bond donors (Lipinski definition) is 1. The monoisotopic (exact) mass is 501 g/mol. The van der Waals surface area contributed by atoms with Crippen molar-refractivity contribution in [3.05, 3.63) is 57.6 Å². The highest BCUT2D eigenvalue weighted by Gasteiger charge is 2.21. The fourth-order valence-corrected chi connectivity index (χ4v) is 4.96. The molecule has 2 aromatic carbocycles. The van der Waals surface area contributed by atoms with Crippen LogP contribution in [-0.4, -0.2) is 55.2 Å². The van der Waals surface area contributed by atoms with Gasteiger partial charge in [-0.2, -0.15) is 0 Å². The highest BCUT2D eigenvalue weighted by Crippen LogP contribution is 2.30. The number of aliphatic hydroxyl groups is 1. The number of hydrogen-bond acceptors (Lipinski definition) is 5. The van der Waals surface area contributed by atoms with Gasteiger partial charge in [0.05, 0.1) is 23.2 Å². The van der Waals surface area contributed by atoms with E-state index in [1.165, 1.54) is 24.0 Å². The maximum absolute atomic E-state index is 12.3. The largest absolute Gasteiger partial charge is 0.493 e. The van der Waals surface area contributed by atoms with Crippen molar-refractivity contribution in [3.63, 3.8) is 0 Å². The van der Waals surface area contributed by atoms with Crippen LogP contribution in [0, 0.1) is 5.92 Å². The summed E-state index contributed by atoms with van der Waals surface area (Å²) in [6.07, 6.45) is 5.79. The van der Waals surface area contributed by atoms with E-state index >= 15 is 0 Å². The molecule has 172 valence electrons.